The molecule has 1 aromatic heterocycles. The van der Waals surface area contributed by atoms with E-state index < -0.39 is 0 Å². The summed E-state index contributed by atoms with van der Waals surface area (Å²) in [5, 5.41) is 2.09. The van der Waals surface area contributed by atoms with Gasteiger partial charge in [0.25, 0.3) is 0 Å². The number of nitrogens with two attached hydrogens (primary N) is 1. The maximum atomic E-state index is 6.03. The topological polar surface area (TPSA) is 26.0 Å². The van der Waals surface area contributed by atoms with Gasteiger partial charge in [-0.2, -0.15) is 0 Å². The average Bonchev–Trinajstić information content (AvgIpc) is 2.69. The van der Waals surface area contributed by atoms with E-state index in [1.54, 1.807) is 11.3 Å². The van der Waals surface area contributed by atoms with E-state index in [9.17, 15) is 0 Å². The van der Waals surface area contributed by atoms with E-state index in [1.807, 2.05) is 0 Å². The fourth-order valence-electron chi connectivity index (χ4n) is 1.70. The molecule has 0 bridgehead atoms. The van der Waals surface area contributed by atoms with Crippen molar-refractivity contribution in [2.75, 3.05) is 5.73 Å². The van der Waals surface area contributed by atoms with Gasteiger partial charge < -0.3 is 5.73 Å². The number of hydrogen-bond acceptors (Lipinski definition) is 2. The second-order valence-electron chi connectivity index (χ2n) is 3.98. The first kappa shape index (κ1) is 10.2. The fourth-order valence-corrected chi connectivity index (χ4v) is 2.42. The standard InChI is InChI=1S/C13H15NS/c1-9(2)11-6-5-10(8-12(11)14)13-4-3-7-15-13/h3-9H,14H2,1-2H3. The smallest absolute Gasteiger partial charge is 0.0355 e. The summed E-state index contributed by atoms with van der Waals surface area (Å²) in [4.78, 5) is 1.28. The highest BCUT2D eigenvalue weighted by Crippen LogP contribution is 2.30. The SMILES string of the molecule is CC(C)c1ccc(-c2cccs2)cc1N. The predicted molar refractivity (Wildman–Crippen MR) is 68.3 cm³/mol. The zero-order valence-electron chi connectivity index (χ0n) is 9.03. The van der Waals surface area contributed by atoms with Gasteiger partial charge in [-0.3, -0.25) is 0 Å². The van der Waals surface area contributed by atoms with Crippen molar-refractivity contribution in [1.29, 1.82) is 0 Å². The number of anilines is 1. The quantitative estimate of drug-likeness (QED) is 0.752. The van der Waals surface area contributed by atoms with Crippen LogP contribution < -0.4 is 5.73 Å². The number of nitrogen functional groups attached to an aromatic ring is 1. The molecule has 0 aliphatic rings. The Morgan fingerprint density at radius 1 is 1.20 bits per heavy atom. The molecule has 15 heavy (non-hydrogen) atoms. The van der Waals surface area contributed by atoms with Crippen LogP contribution in [0.25, 0.3) is 10.4 Å². The molecule has 78 valence electrons. The maximum Gasteiger partial charge on any atom is 0.0355 e. The van der Waals surface area contributed by atoms with Crippen LogP contribution >= 0.6 is 11.3 Å². The van der Waals surface area contributed by atoms with Gasteiger partial charge in [-0.05, 0) is 34.6 Å². The Morgan fingerprint density at radius 3 is 2.53 bits per heavy atom. The third-order valence-electron chi connectivity index (χ3n) is 2.51. The van der Waals surface area contributed by atoms with Crippen molar-refractivity contribution in [2.24, 2.45) is 0 Å². The molecular weight excluding hydrogens is 202 g/mol. The Balaban J connectivity index is 2.42. The van der Waals surface area contributed by atoms with Crippen molar-refractivity contribution in [3.8, 4) is 10.4 Å². The van der Waals surface area contributed by atoms with E-state index in [4.69, 9.17) is 5.73 Å². The molecule has 2 N–H and O–H groups in total. The Labute approximate surface area is 94.6 Å². The monoisotopic (exact) mass is 217 g/mol. The van der Waals surface area contributed by atoms with Crippen molar-refractivity contribution in [3.05, 3.63) is 41.3 Å². The summed E-state index contributed by atoms with van der Waals surface area (Å²) in [6.07, 6.45) is 0. The van der Waals surface area contributed by atoms with E-state index in [2.05, 4.69) is 49.6 Å². The molecule has 2 aromatic rings. The first-order valence-corrected chi connectivity index (χ1v) is 5.99. The third kappa shape index (κ3) is 2.05. The van der Waals surface area contributed by atoms with Crippen LogP contribution in [0.3, 0.4) is 0 Å². The third-order valence-corrected chi connectivity index (χ3v) is 3.43. The summed E-state index contributed by atoms with van der Waals surface area (Å²) < 4.78 is 0. The lowest BCUT2D eigenvalue weighted by Gasteiger charge is -2.10. The van der Waals surface area contributed by atoms with Crippen LogP contribution in [0.15, 0.2) is 35.7 Å². The van der Waals surface area contributed by atoms with Crippen LogP contribution in [0.4, 0.5) is 5.69 Å². The Bertz CT molecular complexity index is 444. The highest BCUT2D eigenvalue weighted by Gasteiger charge is 2.06. The van der Waals surface area contributed by atoms with E-state index in [-0.39, 0.29) is 0 Å². The molecule has 0 radical (unpaired) electrons. The maximum absolute atomic E-state index is 6.03. The summed E-state index contributed by atoms with van der Waals surface area (Å²) in [5.41, 5.74) is 9.38. The molecule has 0 aliphatic carbocycles. The van der Waals surface area contributed by atoms with Gasteiger partial charge in [0.15, 0.2) is 0 Å². The largest absolute Gasteiger partial charge is 0.398 e. The van der Waals surface area contributed by atoms with Gasteiger partial charge >= 0.3 is 0 Å². The molecule has 1 heterocycles. The predicted octanol–water partition coefficient (Wildman–Crippen LogP) is 4.12. The lowest BCUT2D eigenvalue weighted by atomic mass is 9.99. The summed E-state index contributed by atoms with van der Waals surface area (Å²) in [5.74, 6) is 0.488. The normalized spacial score (nSPS) is 10.9. The van der Waals surface area contributed by atoms with E-state index in [0.717, 1.165) is 5.69 Å². The van der Waals surface area contributed by atoms with Crippen molar-refractivity contribution in [2.45, 2.75) is 19.8 Å². The van der Waals surface area contributed by atoms with Crippen molar-refractivity contribution in [1.82, 2.24) is 0 Å². The number of thiophene rings is 1. The number of hydrogen-bond donors (Lipinski definition) is 1. The minimum absolute atomic E-state index is 0.488. The van der Waals surface area contributed by atoms with Crippen LogP contribution in [0.5, 0.6) is 0 Å². The second-order valence-corrected chi connectivity index (χ2v) is 4.92. The van der Waals surface area contributed by atoms with Gasteiger partial charge in [-0.15, -0.1) is 11.3 Å². The minimum atomic E-state index is 0.488. The molecular formula is C13H15NS. The summed E-state index contributed by atoms with van der Waals surface area (Å²) in [7, 11) is 0. The lowest BCUT2D eigenvalue weighted by molar-refractivity contribution is 0.870. The fraction of sp³-hybridized carbons (Fsp3) is 0.231. The lowest BCUT2D eigenvalue weighted by Crippen LogP contribution is -1.96. The van der Waals surface area contributed by atoms with Crippen LogP contribution in [0, 0.1) is 0 Å². The van der Waals surface area contributed by atoms with Gasteiger partial charge in [-0.1, -0.05) is 32.0 Å². The van der Waals surface area contributed by atoms with E-state index >= 15 is 0 Å². The van der Waals surface area contributed by atoms with Gasteiger partial charge in [0.1, 0.15) is 0 Å². The highest BCUT2D eigenvalue weighted by molar-refractivity contribution is 7.13. The van der Waals surface area contributed by atoms with Crippen LogP contribution in [0.2, 0.25) is 0 Å². The summed E-state index contributed by atoms with van der Waals surface area (Å²) in [6.45, 7) is 4.33. The Kier molecular flexibility index (Phi) is 2.78. The molecule has 0 spiro atoms. The minimum Gasteiger partial charge on any atom is -0.398 e. The molecule has 1 aromatic carbocycles. The molecule has 1 nitrogen and oxygen atoms in total. The van der Waals surface area contributed by atoms with Crippen LogP contribution in [-0.4, -0.2) is 0 Å². The van der Waals surface area contributed by atoms with Gasteiger partial charge in [0.05, 0.1) is 0 Å². The Morgan fingerprint density at radius 2 is 2.00 bits per heavy atom. The summed E-state index contributed by atoms with van der Waals surface area (Å²) in [6, 6.07) is 10.5. The van der Waals surface area contributed by atoms with E-state index in [0.29, 0.717) is 5.92 Å². The van der Waals surface area contributed by atoms with Crippen molar-refractivity contribution >= 4 is 17.0 Å². The first-order valence-electron chi connectivity index (χ1n) is 5.12. The van der Waals surface area contributed by atoms with Gasteiger partial charge in [-0.25, -0.2) is 0 Å². The van der Waals surface area contributed by atoms with E-state index in [1.165, 1.54) is 16.0 Å². The molecule has 0 amide bonds. The molecule has 2 heteroatoms. The Hall–Kier alpha value is -1.28. The van der Waals surface area contributed by atoms with Gasteiger partial charge in [0.2, 0.25) is 0 Å². The molecule has 0 atom stereocenters. The molecule has 2 rings (SSSR count). The molecule has 0 saturated heterocycles. The average molecular weight is 217 g/mol. The molecule has 0 saturated carbocycles. The van der Waals surface area contributed by atoms with Crippen LogP contribution in [-0.2, 0) is 0 Å². The number of rotatable bonds is 2. The zero-order valence-corrected chi connectivity index (χ0v) is 9.84. The molecule has 0 unspecified atom stereocenters. The molecule has 0 fully saturated rings. The second kappa shape index (κ2) is 4.07. The zero-order chi connectivity index (χ0) is 10.8. The van der Waals surface area contributed by atoms with Crippen molar-refractivity contribution < 1.29 is 0 Å². The van der Waals surface area contributed by atoms with Crippen molar-refractivity contribution in [3.63, 3.8) is 0 Å². The van der Waals surface area contributed by atoms with Crippen LogP contribution in [0.1, 0.15) is 25.3 Å². The van der Waals surface area contributed by atoms with Gasteiger partial charge in [0, 0.05) is 10.6 Å². The first-order chi connectivity index (χ1) is 7.18. The number of benzene rings is 1. The summed E-state index contributed by atoms with van der Waals surface area (Å²) >= 11 is 1.74. The molecule has 0 aliphatic heterocycles. The highest BCUT2D eigenvalue weighted by atomic mass is 32.1.